The predicted octanol–water partition coefficient (Wildman–Crippen LogP) is 2.17. The molecule has 1 fully saturated rings. The molecule has 1 saturated carbocycles. The van der Waals surface area contributed by atoms with Crippen molar-refractivity contribution in [3.05, 3.63) is 0 Å². The monoisotopic (exact) mass is 228 g/mol. The van der Waals surface area contributed by atoms with E-state index < -0.39 is 5.60 Å². The average molecular weight is 228 g/mol. The van der Waals surface area contributed by atoms with Crippen molar-refractivity contribution in [1.82, 2.24) is 5.32 Å². The molecule has 0 radical (unpaired) electrons. The summed E-state index contributed by atoms with van der Waals surface area (Å²) in [5, 5.41) is 2.92. The molecule has 4 nitrogen and oxygen atoms in total. The van der Waals surface area contributed by atoms with Crippen LogP contribution in [0.4, 0.5) is 4.79 Å². The highest BCUT2D eigenvalue weighted by Crippen LogP contribution is 2.17. The molecular weight excluding hydrogens is 204 g/mol. The highest BCUT2D eigenvalue weighted by atomic mass is 16.6. The fourth-order valence-electron chi connectivity index (χ4n) is 1.95. The number of hydrogen-bond donors (Lipinski definition) is 2. The van der Waals surface area contributed by atoms with E-state index >= 15 is 0 Å². The lowest BCUT2D eigenvalue weighted by atomic mass is 10.1. The minimum Gasteiger partial charge on any atom is -0.444 e. The number of amides is 1. The Kier molecular flexibility index (Phi) is 4.59. The predicted molar refractivity (Wildman–Crippen MR) is 64.2 cm³/mol. The number of alkyl carbamates (subject to hydrolysis) is 1. The molecule has 1 amide bonds. The Morgan fingerprint density at radius 3 is 2.56 bits per heavy atom. The van der Waals surface area contributed by atoms with E-state index in [1.165, 1.54) is 0 Å². The van der Waals surface area contributed by atoms with Gasteiger partial charge in [0.1, 0.15) is 5.60 Å². The molecule has 16 heavy (non-hydrogen) atoms. The second-order valence-corrected chi connectivity index (χ2v) is 5.61. The van der Waals surface area contributed by atoms with Crippen molar-refractivity contribution in [3.8, 4) is 0 Å². The molecular formula is C12H24N2O2. The Morgan fingerprint density at radius 2 is 1.94 bits per heavy atom. The summed E-state index contributed by atoms with van der Waals surface area (Å²) in [4.78, 5) is 11.6. The van der Waals surface area contributed by atoms with Crippen LogP contribution in [0.1, 0.15) is 52.9 Å². The summed E-state index contributed by atoms with van der Waals surface area (Å²) >= 11 is 0. The molecule has 0 spiro atoms. The molecule has 2 unspecified atom stereocenters. The standard InChI is InChI=1S/C12H24N2O2/c1-12(2,3)16-11(15)14-10-6-4-5-9(13)7-8-10/h9-10H,4-8,13H2,1-3H3,(H,14,15). The van der Waals surface area contributed by atoms with Crippen molar-refractivity contribution in [1.29, 1.82) is 0 Å². The van der Waals surface area contributed by atoms with Gasteiger partial charge in [-0.2, -0.15) is 0 Å². The maximum absolute atomic E-state index is 11.6. The molecule has 2 atom stereocenters. The van der Waals surface area contributed by atoms with Crippen molar-refractivity contribution >= 4 is 6.09 Å². The highest BCUT2D eigenvalue weighted by molar-refractivity contribution is 5.68. The van der Waals surface area contributed by atoms with Gasteiger partial charge >= 0.3 is 6.09 Å². The van der Waals surface area contributed by atoms with Crippen LogP contribution in [0.3, 0.4) is 0 Å². The van der Waals surface area contributed by atoms with Gasteiger partial charge in [-0.1, -0.05) is 0 Å². The van der Waals surface area contributed by atoms with E-state index in [1.807, 2.05) is 20.8 Å². The number of nitrogens with one attached hydrogen (secondary N) is 1. The molecule has 0 saturated heterocycles. The van der Waals surface area contributed by atoms with Gasteiger partial charge in [0.25, 0.3) is 0 Å². The van der Waals surface area contributed by atoms with E-state index in [0.29, 0.717) is 6.04 Å². The molecule has 0 aromatic rings. The zero-order valence-corrected chi connectivity index (χ0v) is 10.6. The molecule has 1 aliphatic rings. The van der Waals surface area contributed by atoms with Crippen LogP contribution in [0.2, 0.25) is 0 Å². The van der Waals surface area contributed by atoms with Crippen LogP contribution in [0.25, 0.3) is 0 Å². The first-order valence-electron chi connectivity index (χ1n) is 6.12. The normalized spacial score (nSPS) is 27.0. The van der Waals surface area contributed by atoms with Gasteiger partial charge in [0.05, 0.1) is 0 Å². The van der Waals surface area contributed by atoms with Crippen LogP contribution in [0.15, 0.2) is 0 Å². The van der Waals surface area contributed by atoms with E-state index in [0.717, 1.165) is 32.1 Å². The number of carbonyl (C=O) groups is 1. The van der Waals surface area contributed by atoms with Crippen molar-refractivity contribution in [3.63, 3.8) is 0 Å². The third-order valence-electron chi connectivity index (χ3n) is 2.73. The quantitative estimate of drug-likeness (QED) is 0.676. The SMILES string of the molecule is CC(C)(C)OC(=O)NC1CCCC(N)CC1. The van der Waals surface area contributed by atoms with Gasteiger partial charge in [-0.3, -0.25) is 0 Å². The van der Waals surface area contributed by atoms with E-state index in [4.69, 9.17) is 10.5 Å². The molecule has 94 valence electrons. The number of carbonyl (C=O) groups excluding carboxylic acids is 1. The number of nitrogens with two attached hydrogens (primary N) is 1. The van der Waals surface area contributed by atoms with Gasteiger partial charge < -0.3 is 15.8 Å². The molecule has 0 heterocycles. The van der Waals surface area contributed by atoms with Gasteiger partial charge in [-0.15, -0.1) is 0 Å². The van der Waals surface area contributed by atoms with E-state index in [-0.39, 0.29) is 12.1 Å². The average Bonchev–Trinajstić information content (AvgIpc) is 2.27. The molecule has 0 aliphatic heterocycles. The smallest absolute Gasteiger partial charge is 0.407 e. The van der Waals surface area contributed by atoms with Crippen molar-refractivity contribution in [2.45, 2.75) is 70.6 Å². The Hall–Kier alpha value is -0.770. The maximum Gasteiger partial charge on any atom is 0.407 e. The van der Waals surface area contributed by atoms with Crippen molar-refractivity contribution in [2.75, 3.05) is 0 Å². The van der Waals surface area contributed by atoms with Gasteiger partial charge in [-0.05, 0) is 52.9 Å². The molecule has 4 heteroatoms. The minimum atomic E-state index is -0.425. The molecule has 0 bridgehead atoms. The fraction of sp³-hybridized carbons (Fsp3) is 0.917. The zero-order chi connectivity index (χ0) is 12.2. The molecule has 3 N–H and O–H groups in total. The maximum atomic E-state index is 11.6. The zero-order valence-electron chi connectivity index (χ0n) is 10.6. The van der Waals surface area contributed by atoms with Crippen LogP contribution in [-0.2, 0) is 4.74 Å². The van der Waals surface area contributed by atoms with Gasteiger partial charge in [0.15, 0.2) is 0 Å². The Bertz CT molecular complexity index is 236. The third-order valence-corrected chi connectivity index (χ3v) is 2.73. The Morgan fingerprint density at radius 1 is 1.25 bits per heavy atom. The van der Waals surface area contributed by atoms with Crippen LogP contribution in [-0.4, -0.2) is 23.8 Å². The summed E-state index contributed by atoms with van der Waals surface area (Å²) in [6.07, 6.45) is 4.79. The van der Waals surface area contributed by atoms with E-state index in [9.17, 15) is 4.79 Å². The first-order chi connectivity index (χ1) is 7.37. The second-order valence-electron chi connectivity index (χ2n) is 5.61. The van der Waals surface area contributed by atoms with Crippen molar-refractivity contribution in [2.24, 2.45) is 5.73 Å². The van der Waals surface area contributed by atoms with Crippen molar-refractivity contribution < 1.29 is 9.53 Å². The first-order valence-corrected chi connectivity index (χ1v) is 6.12. The summed E-state index contributed by atoms with van der Waals surface area (Å²) < 4.78 is 5.23. The first kappa shape index (κ1) is 13.3. The largest absolute Gasteiger partial charge is 0.444 e. The lowest BCUT2D eigenvalue weighted by molar-refractivity contribution is 0.0499. The summed E-state index contributed by atoms with van der Waals surface area (Å²) in [7, 11) is 0. The molecule has 1 aliphatic carbocycles. The van der Waals surface area contributed by atoms with Crippen LogP contribution < -0.4 is 11.1 Å². The fourth-order valence-corrected chi connectivity index (χ4v) is 1.95. The van der Waals surface area contributed by atoms with Gasteiger partial charge in [0.2, 0.25) is 0 Å². The Labute approximate surface area is 97.9 Å². The second kappa shape index (κ2) is 5.53. The Balaban J connectivity index is 2.33. The highest BCUT2D eigenvalue weighted by Gasteiger charge is 2.21. The van der Waals surface area contributed by atoms with E-state index in [1.54, 1.807) is 0 Å². The van der Waals surface area contributed by atoms with Gasteiger partial charge in [0, 0.05) is 12.1 Å². The number of ether oxygens (including phenoxy) is 1. The van der Waals surface area contributed by atoms with E-state index in [2.05, 4.69) is 5.32 Å². The topological polar surface area (TPSA) is 64.3 Å². The summed E-state index contributed by atoms with van der Waals surface area (Å²) in [6.45, 7) is 5.61. The summed E-state index contributed by atoms with van der Waals surface area (Å²) in [5.41, 5.74) is 5.46. The summed E-state index contributed by atoms with van der Waals surface area (Å²) in [6, 6.07) is 0.522. The lowest BCUT2D eigenvalue weighted by Crippen LogP contribution is -2.39. The third kappa shape index (κ3) is 5.35. The van der Waals surface area contributed by atoms with Crippen LogP contribution in [0, 0.1) is 0 Å². The lowest BCUT2D eigenvalue weighted by Gasteiger charge is -2.22. The number of rotatable bonds is 1. The number of hydrogen-bond acceptors (Lipinski definition) is 3. The minimum absolute atomic E-state index is 0.225. The molecule has 0 aromatic carbocycles. The van der Waals surface area contributed by atoms with Gasteiger partial charge in [-0.25, -0.2) is 4.79 Å². The van der Waals surface area contributed by atoms with Crippen LogP contribution >= 0.6 is 0 Å². The summed E-state index contributed by atoms with van der Waals surface area (Å²) in [5.74, 6) is 0. The molecule has 0 aromatic heterocycles. The molecule has 1 rings (SSSR count). The van der Waals surface area contributed by atoms with Crippen LogP contribution in [0.5, 0.6) is 0 Å².